The molecule has 0 heterocycles. The zero-order valence-corrected chi connectivity index (χ0v) is 23.0. The van der Waals surface area contributed by atoms with Crippen molar-refractivity contribution in [1.29, 1.82) is 0 Å². The third kappa shape index (κ3) is 9.50. The number of rotatable bonds is 15. The number of hydrogen-bond donors (Lipinski definition) is 1. The second kappa shape index (κ2) is 16.3. The molecule has 1 N–H and O–H groups in total. The minimum absolute atomic E-state index is 0.145. The molecule has 1 aromatic carbocycles. The highest BCUT2D eigenvalue weighted by atomic mass is 35.5. The van der Waals surface area contributed by atoms with Crippen molar-refractivity contribution >= 4 is 45.1 Å². The number of halogens is 1. The van der Waals surface area contributed by atoms with E-state index < -0.39 is 0 Å². The highest BCUT2D eigenvalue weighted by molar-refractivity contribution is 8.76. The Morgan fingerprint density at radius 3 is 2.57 bits per heavy atom. The number of allylic oxidation sites excluding steroid dienone is 2. The summed E-state index contributed by atoms with van der Waals surface area (Å²) in [5.74, 6) is 0.480. The molecule has 1 aliphatic carbocycles. The van der Waals surface area contributed by atoms with Crippen LogP contribution in [-0.4, -0.2) is 61.6 Å². The van der Waals surface area contributed by atoms with Crippen LogP contribution in [-0.2, 0) is 23.8 Å². The van der Waals surface area contributed by atoms with Crippen molar-refractivity contribution in [1.82, 2.24) is 0 Å². The van der Waals surface area contributed by atoms with Crippen LogP contribution in [0.2, 0.25) is 5.02 Å². The number of benzene rings is 1. The van der Waals surface area contributed by atoms with E-state index in [-0.39, 0.29) is 44.1 Å². The lowest BCUT2D eigenvalue weighted by atomic mass is 9.75. The highest BCUT2D eigenvalue weighted by Crippen LogP contribution is 2.44. The fraction of sp³-hybridized carbons (Fsp3) is 0.538. The van der Waals surface area contributed by atoms with E-state index in [0.717, 1.165) is 16.7 Å². The Hall–Kier alpha value is -1.45. The van der Waals surface area contributed by atoms with E-state index in [1.54, 1.807) is 28.5 Å². The van der Waals surface area contributed by atoms with Crippen LogP contribution >= 0.6 is 33.2 Å². The Morgan fingerprint density at radius 2 is 1.86 bits per heavy atom. The van der Waals surface area contributed by atoms with Crippen LogP contribution in [0.25, 0.3) is 0 Å². The van der Waals surface area contributed by atoms with Gasteiger partial charge in [0.2, 0.25) is 0 Å². The number of hydrogen-bond acceptors (Lipinski definition) is 8. The molecular formula is C26H35ClO6S2. The van der Waals surface area contributed by atoms with E-state index in [1.165, 1.54) is 5.57 Å². The van der Waals surface area contributed by atoms with Gasteiger partial charge in [-0.05, 0) is 50.8 Å². The first kappa shape index (κ1) is 29.8. The molecule has 0 aromatic heterocycles. The summed E-state index contributed by atoms with van der Waals surface area (Å²) in [6, 6.07) is 7.57. The van der Waals surface area contributed by atoms with E-state index in [1.807, 2.05) is 31.2 Å². The van der Waals surface area contributed by atoms with Gasteiger partial charge in [-0.2, -0.15) is 0 Å². The minimum atomic E-state index is -0.346. The van der Waals surface area contributed by atoms with Gasteiger partial charge in [0.1, 0.15) is 6.61 Å². The maximum Gasteiger partial charge on any atom is 0.335 e. The minimum Gasteiger partial charge on any atom is -0.465 e. The van der Waals surface area contributed by atoms with E-state index in [0.29, 0.717) is 48.2 Å². The van der Waals surface area contributed by atoms with Gasteiger partial charge in [-0.25, -0.2) is 4.79 Å². The van der Waals surface area contributed by atoms with Gasteiger partial charge in [-0.3, -0.25) is 4.79 Å². The maximum absolute atomic E-state index is 13.0. The van der Waals surface area contributed by atoms with Gasteiger partial charge in [0.15, 0.2) is 0 Å². The largest absolute Gasteiger partial charge is 0.465 e. The van der Waals surface area contributed by atoms with Crippen LogP contribution in [0.3, 0.4) is 0 Å². The first-order valence-corrected chi connectivity index (χ1v) is 14.7. The summed E-state index contributed by atoms with van der Waals surface area (Å²) >= 11 is 6.52. The van der Waals surface area contributed by atoms with Gasteiger partial charge < -0.3 is 19.3 Å². The van der Waals surface area contributed by atoms with Crippen molar-refractivity contribution in [3.8, 4) is 0 Å². The summed E-state index contributed by atoms with van der Waals surface area (Å²) in [5, 5.41) is 9.35. The van der Waals surface area contributed by atoms with E-state index in [2.05, 4.69) is 6.92 Å². The molecule has 1 atom stereocenters. The molecule has 0 amide bonds. The summed E-state index contributed by atoms with van der Waals surface area (Å²) in [6.07, 6.45) is 1.45. The SMILES string of the molecule is CCOC(=O)C1=C(COCCCC(=O)OCCSSCCO)CC(C)=C(C)C1c1ccccc1Cl. The molecule has 0 radical (unpaired) electrons. The molecule has 0 saturated carbocycles. The smallest absolute Gasteiger partial charge is 0.335 e. The lowest BCUT2D eigenvalue weighted by molar-refractivity contribution is -0.143. The number of carbonyl (C=O) groups excluding carboxylic acids is 2. The summed E-state index contributed by atoms with van der Waals surface area (Å²) in [4.78, 5) is 24.9. The van der Waals surface area contributed by atoms with Crippen LogP contribution in [0.1, 0.15) is 51.5 Å². The number of ether oxygens (including phenoxy) is 3. The third-order valence-electron chi connectivity index (χ3n) is 5.60. The monoisotopic (exact) mass is 542 g/mol. The fourth-order valence-electron chi connectivity index (χ4n) is 3.85. The summed E-state index contributed by atoms with van der Waals surface area (Å²) < 4.78 is 16.5. The molecule has 0 saturated heterocycles. The average molecular weight is 543 g/mol. The molecular weight excluding hydrogens is 508 g/mol. The van der Waals surface area contributed by atoms with Gasteiger partial charge in [-0.15, -0.1) is 0 Å². The van der Waals surface area contributed by atoms with Crippen LogP contribution in [0.15, 0.2) is 46.6 Å². The lowest BCUT2D eigenvalue weighted by Gasteiger charge is -2.31. The molecule has 1 aliphatic rings. The third-order valence-corrected chi connectivity index (χ3v) is 8.29. The predicted molar refractivity (Wildman–Crippen MR) is 144 cm³/mol. The Kier molecular flexibility index (Phi) is 13.9. The molecule has 9 heteroatoms. The normalized spacial score (nSPS) is 16.0. The Bertz CT molecular complexity index is 915. The van der Waals surface area contributed by atoms with Gasteiger partial charge in [0.05, 0.1) is 25.4 Å². The van der Waals surface area contributed by atoms with Crippen LogP contribution in [0.5, 0.6) is 0 Å². The van der Waals surface area contributed by atoms with Gasteiger partial charge >= 0.3 is 11.9 Å². The molecule has 1 aromatic rings. The standard InChI is InChI=1S/C26H35ClO6S2/c1-4-32-26(30)25-20(16-18(2)19(3)24(25)21-8-5-6-9-22(21)27)17-31-12-7-10-23(29)33-13-15-35-34-14-11-28/h5-6,8-9,24,28H,4,7,10-17H2,1-3H3. The second-order valence-corrected chi connectivity index (χ2v) is 11.2. The van der Waals surface area contributed by atoms with Crippen molar-refractivity contribution in [2.24, 2.45) is 0 Å². The molecule has 2 rings (SSSR count). The average Bonchev–Trinajstić information content (AvgIpc) is 2.83. The molecule has 0 bridgehead atoms. The first-order valence-electron chi connectivity index (χ1n) is 11.8. The lowest BCUT2D eigenvalue weighted by Crippen LogP contribution is -2.24. The molecule has 194 valence electrons. The quantitative estimate of drug-likeness (QED) is 0.130. The van der Waals surface area contributed by atoms with Crippen molar-refractivity contribution < 1.29 is 28.9 Å². The summed E-state index contributed by atoms with van der Waals surface area (Å²) in [7, 11) is 3.13. The zero-order valence-electron chi connectivity index (χ0n) is 20.6. The first-order chi connectivity index (χ1) is 16.9. The zero-order chi connectivity index (χ0) is 25.6. The molecule has 6 nitrogen and oxygen atoms in total. The number of aliphatic hydroxyl groups excluding tert-OH is 1. The molecule has 0 aliphatic heterocycles. The fourth-order valence-corrected chi connectivity index (χ4v) is 5.69. The number of esters is 2. The molecule has 35 heavy (non-hydrogen) atoms. The van der Waals surface area contributed by atoms with Crippen molar-refractivity contribution in [3.05, 3.63) is 57.1 Å². The maximum atomic E-state index is 13.0. The van der Waals surface area contributed by atoms with E-state index in [4.69, 9.17) is 30.9 Å². The van der Waals surface area contributed by atoms with Crippen molar-refractivity contribution in [2.45, 2.75) is 46.0 Å². The molecule has 0 fully saturated rings. The Morgan fingerprint density at radius 1 is 1.11 bits per heavy atom. The Labute approximate surface area is 221 Å². The van der Waals surface area contributed by atoms with Crippen molar-refractivity contribution in [2.75, 3.05) is 44.5 Å². The second-order valence-electron chi connectivity index (χ2n) is 8.08. The van der Waals surface area contributed by atoms with E-state index in [9.17, 15) is 9.59 Å². The van der Waals surface area contributed by atoms with Gasteiger partial charge in [0, 0.05) is 35.5 Å². The topological polar surface area (TPSA) is 82.1 Å². The summed E-state index contributed by atoms with van der Waals surface area (Å²) in [6.45, 7) is 7.35. The van der Waals surface area contributed by atoms with Crippen LogP contribution < -0.4 is 0 Å². The highest BCUT2D eigenvalue weighted by Gasteiger charge is 2.34. The molecule has 0 spiro atoms. The van der Waals surface area contributed by atoms with Crippen LogP contribution in [0.4, 0.5) is 0 Å². The van der Waals surface area contributed by atoms with Crippen LogP contribution in [0, 0.1) is 0 Å². The Balaban J connectivity index is 1.97. The predicted octanol–water partition coefficient (Wildman–Crippen LogP) is 5.74. The van der Waals surface area contributed by atoms with E-state index >= 15 is 0 Å². The van der Waals surface area contributed by atoms with Gasteiger partial charge in [-0.1, -0.05) is 62.5 Å². The van der Waals surface area contributed by atoms with Gasteiger partial charge in [0.25, 0.3) is 0 Å². The van der Waals surface area contributed by atoms with Crippen molar-refractivity contribution in [3.63, 3.8) is 0 Å². The summed E-state index contributed by atoms with van der Waals surface area (Å²) in [5.41, 5.74) is 4.64. The number of carbonyl (C=O) groups is 2. The number of aliphatic hydroxyl groups is 1. The molecule has 1 unspecified atom stereocenters.